The van der Waals surface area contributed by atoms with E-state index >= 15 is 4.39 Å². The largest absolute Gasteiger partial charge is 0.365 e. The molecule has 4 rings (SSSR count). The summed E-state index contributed by atoms with van der Waals surface area (Å²) in [5, 5.41) is 4.59. The van der Waals surface area contributed by atoms with E-state index < -0.39 is 6.04 Å². The number of halogens is 3. The molecule has 2 amide bonds. The average molecular weight is 607 g/mol. The van der Waals surface area contributed by atoms with Gasteiger partial charge in [-0.05, 0) is 67.6 Å². The van der Waals surface area contributed by atoms with Crippen LogP contribution in [0.2, 0.25) is 10.0 Å². The summed E-state index contributed by atoms with van der Waals surface area (Å²) in [7, 11) is 0. The zero-order valence-electron chi connectivity index (χ0n) is 24.1. The molecule has 2 fully saturated rings. The Kier molecular flexibility index (Phi) is 11.3. The molecule has 2 aliphatic rings. The van der Waals surface area contributed by atoms with Crippen LogP contribution in [0.1, 0.15) is 56.7 Å². The lowest BCUT2D eigenvalue weighted by molar-refractivity contribution is -0.143. The molecule has 0 bridgehead atoms. The molecule has 0 spiro atoms. The molecule has 0 radical (unpaired) electrons. The van der Waals surface area contributed by atoms with Gasteiger partial charge in [-0.3, -0.25) is 9.59 Å². The van der Waals surface area contributed by atoms with Gasteiger partial charge >= 0.3 is 0 Å². The zero-order valence-corrected chi connectivity index (χ0v) is 25.6. The predicted molar refractivity (Wildman–Crippen MR) is 164 cm³/mol. The van der Waals surface area contributed by atoms with Gasteiger partial charge in [-0.25, -0.2) is 4.39 Å². The number of anilines is 1. The number of rotatable bonds is 12. The highest BCUT2D eigenvalue weighted by Gasteiger charge is 2.37. The summed E-state index contributed by atoms with van der Waals surface area (Å²) in [6, 6.07) is 9.87. The van der Waals surface area contributed by atoms with Crippen LogP contribution in [0.4, 0.5) is 10.1 Å². The number of piperazine rings is 1. The summed E-state index contributed by atoms with van der Waals surface area (Å²) in [4.78, 5) is 32.2. The summed E-state index contributed by atoms with van der Waals surface area (Å²) >= 11 is 12.5. The molecule has 2 aromatic rings. The van der Waals surface area contributed by atoms with Gasteiger partial charge in [0.1, 0.15) is 11.9 Å². The van der Waals surface area contributed by atoms with Crippen molar-refractivity contribution in [2.45, 2.75) is 58.0 Å². The van der Waals surface area contributed by atoms with Crippen LogP contribution in [-0.4, -0.2) is 73.5 Å². The van der Waals surface area contributed by atoms with Crippen LogP contribution in [0.15, 0.2) is 36.4 Å². The fourth-order valence-corrected chi connectivity index (χ4v) is 6.39. The number of amides is 2. The molecule has 2 heterocycles. The molecule has 0 saturated carbocycles. The second-order valence-electron chi connectivity index (χ2n) is 11.4. The molecule has 2 atom stereocenters. The second-order valence-corrected chi connectivity index (χ2v) is 12.3. The van der Waals surface area contributed by atoms with Crippen LogP contribution in [0, 0.1) is 11.7 Å². The van der Waals surface area contributed by atoms with Crippen molar-refractivity contribution in [2.24, 2.45) is 11.7 Å². The van der Waals surface area contributed by atoms with Crippen LogP contribution in [0.3, 0.4) is 0 Å². The molecule has 3 N–H and O–H groups in total. The first kappa shape index (κ1) is 31.5. The van der Waals surface area contributed by atoms with Crippen molar-refractivity contribution in [3.8, 4) is 0 Å². The molecule has 2 unspecified atom stereocenters. The van der Waals surface area contributed by atoms with E-state index in [-0.39, 0.29) is 23.7 Å². The Morgan fingerprint density at radius 1 is 1.10 bits per heavy atom. The number of likely N-dealkylation sites (tertiary alicyclic amines) is 1. The third-order valence-electron chi connectivity index (χ3n) is 7.98. The fraction of sp³-hybridized carbons (Fsp3) is 0.548. The van der Waals surface area contributed by atoms with Gasteiger partial charge in [0.2, 0.25) is 11.8 Å². The van der Waals surface area contributed by atoms with Crippen LogP contribution < -0.4 is 16.0 Å². The van der Waals surface area contributed by atoms with Crippen molar-refractivity contribution in [3.05, 3.63) is 63.4 Å². The molecular weight excluding hydrogens is 564 g/mol. The quantitative estimate of drug-likeness (QED) is 0.331. The van der Waals surface area contributed by atoms with Crippen molar-refractivity contribution in [2.75, 3.05) is 50.7 Å². The minimum atomic E-state index is -0.638. The van der Waals surface area contributed by atoms with E-state index in [9.17, 15) is 9.59 Å². The van der Waals surface area contributed by atoms with E-state index in [0.717, 1.165) is 36.9 Å². The van der Waals surface area contributed by atoms with E-state index in [1.807, 2.05) is 17.0 Å². The number of carbonyl (C=O) groups is 2. The maximum absolute atomic E-state index is 15.4. The zero-order chi connectivity index (χ0) is 29.5. The van der Waals surface area contributed by atoms with E-state index in [1.165, 1.54) is 6.07 Å². The highest BCUT2D eigenvalue weighted by atomic mass is 35.5. The number of benzene rings is 2. The Labute approximate surface area is 253 Å². The van der Waals surface area contributed by atoms with Gasteiger partial charge in [0, 0.05) is 61.7 Å². The molecule has 2 saturated heterocycles. The molecule has 7 nitrogen and oxygen atoms in total. The highest BCUT2D eigenvalue weighted by molar-refractivity contribution is 6.35. The number of nitrogens with zero attached hydrogens (tertiary/aromatic N) is 3. The van der Waals surface area contributed by atoms with Crippen LogP contribution >= 0.6 is 23.2 Å². The van der Waals surface area contributed by atoms with Crippen molar-refractivity contribution >= 4 is 40.7 Å². The molecule has 0 aromatic heterocycles. The van der Waals surface area contributed by atoms with Crippen LogP contribution in [0.5, 0.6) is 0 Å². The number of hydrogen-bond acceptors (Lipinski definition) is 5. The Balaban J connectivity index is 1.51. The van der Waals surface area contributed by atoms with Gasteiger partial charge in [0.25, 0.3) is 0 Å². The standard InChI is InChI=1S/C31H42Cl2FN5O2/c1-21(2)18-27(36-12-5-11-35)24-6-3-7-26(34)30(24)37-14-16-38(17-15-37)31(41)28(39-13-4-8-29(39)40)19-22-9-10-23(32)20-25(22)33/h3,6-7,9-10,20-21,27-28,36H,4-5,8,11-19,35H2,1-2H3. The minimum Gasteiger partial charge on any atom is -0.365 e. The van der Waals surface area contributed by atoms with Gasteiger partial charge in [0.15, 0.2) is 0 Å². The SMILES string of the molecule is CC(C)CC(NCCCN)c1cccc(F)c1N1CCN(C(=O)C(Cc2ccc(Cl)cc2Cl)N2CCCC2=O)CC1. The summed E-state index contributed by atoms with van der Waals surface area (Å²) in [5.41, 5.74) is 8.03. The van der Waals surface area contributed by atoms with Crippen molar-refractivity contribution in [3.63, 3.8) is 0 Å². The maximum atomic E-state index is 15.4. The molecule has 2 aliphatic heterocycles. The summed E-state index contributed by atoms with van der Waals surface area (Å²) in [6.45, 7) is 8.12. The first-order chi connectivity index (χ1) is 19.7. The molecule has 2 aromatic carbocycles. The smallest absolute Gasteiger partial charge is 0.245 e. The Morgan fingerprint density at radius 2 is 1.85 bits per heavy atom. The van der Waals surface area contributed by atoms with Crippen molar-refractivity contribution < 1.29 is 14.0 Å². The summed E-state index contributed by atoms with van der Waals surface area (Å²) in [6.07, 6.45) is 3.22. The van der Waals surface area contributed by atoms with Gasteiger partial charge in [0.05, 0.1) is 5.69 Å². The number of carbonyl (C=O) groups excluding carboxylic acids is 2. The number of nitrogens with one attached hydrogen (secondary N) is 1. The lowest BCUT2D eigenvalue weighted by Gasteiger charge is -2.40. The Morgan fingerprint density at radius 3 is 2.49 bits per heavy atom. The predicted octanol–water partition coefficient (Wildman–Crippen LogP) is 5.04. The van der Waals surface area contributed by atoms with Gasteiger partial charge in [-0.2, -0.15) is 0 Å². The van der Waals surface area contributed by atoms with E-state index in [2.05, 4.69) is 24.1 Å². The van der Waals surface area contributed by atoms with Crippen LogP contribution in [0.25, 0.3) is 0 Å². The summed E-state index contributed by atoms with van der Waals surface area (Å²) in [5.74, 6) is 0.0622. The third-order valence-corrected chi connectivity index (χ3v) is 8.57. The molecular formula is C31H42Cl2FN5O2. The second kappa shape index (κ2) is 14.7. The number of hydrogen-bond donors (Lipinski definition) is 2. The number of para-hydroxylation sites is 1. The molecule has 224 valence electrons. The Bertz CT molecular complexity index is 1210. The highest BCUT2D eigenvalue weighted by Crippen LogP contribution is 2.34. The topological polar surface area (TPSA) is 81.9 Å². The van der Waals surface area contributed by atoms with Crippen LogP contribution in [-0.2, 0) is 16.0 Å². The van der Waals surface area contributed by atoms with E-state index in [0.29, 0.717) is 73.8 Å². The molecule has 10 heteroatoms. The van der Waals surface area contributed by atoms with Crippen molar-refractivity contribution in [1.29, 1.82) is 0 Å². The lowest BCUT2D eigenvalue weighted by atomic mass is 9.94. The normalized spacial score (nSPS) is 17.4. The first-order valence-corrected chi connectivity index (χ1v) is 15.4. The van der Waals surface area contributed by atoms with E-state index in [4.69, 9.17) is 28.9 Å². The van der Waals surface area contributed by atoms with Crippen molar-refractivity contribution in [1.82, 2.24) is 15.1 Å². The van der Waals surface area contributed by atoms with Gasteiger partial charge in [-0.1, -0.05) is 55.2 Å². The first-order valence-electron chi connectivity index (χ1n) is 14.7. The minimum absolute atomic E-state index is 0.00148. The van der Waals surface area contributed by atoms with Gasteiger partial charge in [-0.15, -0.1) is 0 Å². The molecule has 41 heavy (non-hydrogen) atoms. The number of nitrogens with two attached hydrogens (primary N) is 1. The average Bonchev–Trinajstić information content (AvgIpc) is 3.37. The third kappa shape index (κ3) is 7.92. The monoisotopic (exact) mass is 605 g/mol. The van der Waals surface area contributed by atoms with E-state index in [1.54, 1.807) is 23.1 Å². The fourth-order valence-electron chi connectivity index (χ4n) is 5.90. The molecule has 0 aliphatic carbocycles. The van der Waals surface area contributed by atoms with Gasteiger partial charge < -0.3 is 25.8 Å². The maximum Gasteiger partial charge on any atom is 0.245 e. The Hall–Kier alpha value is -2.39. The summed E-state index contributed by atoms with van der Waals surface area (Å²) < 4.78 is 15.4. The lowest BCUT2D eigenvalue weighted by Crippen LogP contribution is -2.56.